The molecule has 2 aromatic rings. The van der Waals surface area contributed by atoms with Gasteiger partial charge < -0.3 is 15.4 Å². The Kier molecular flexibility index (Phi) is 3.72. The van der Waals surface area contributed by atoms with Gasteiger partial charge in [-0.1, -0.05) is 18.6 Å². The molecule has 1 aromatic carbocycles. The van der Waals surface area contributed by atoms with Crippen molar-refractivity contribution in [2.24, 2.45) is 5.92 Å². The van der Waals surface area contributed by atoms with Gasteiger partial charge in [-0.05, 0) is 38.3 Å². The van der Waals surface area contributed by atoms with E-state index in [0.29, 0.717) is 12.1 Å². The zero-order valence-corrected chi connectivity index (χ0v) is 12.6. The molecule has 1 aliphatic rings. The van der Waals surface area contributed by atoms with Gasteiger partial charge in [-0.15, -0.1) is 0 Å². The molecule has 1 saturated carbocycles. The fourth-order valence-electron chi connectivity index (χ4n) is 3.25. The predicted octanol–water partition coefficient (Wildman–Crippen LogP) is 2.68. The lowest BCUT2D eigenvalue weighted by Crippen LogP contribution is -2.32. The second kappa shape index (κ2) is 5.53. The third-order valence-corrected chi connectivity index (χ3v) is 4.73. The maximum absolute atomic E-state index is 12.4. The van der Waals surface area contributed by atoms with Crippen LogP contribution < -0.4 is 5.32 Å². The van der Waals surface area contributed by atoms with Gasteiger partial charge >= 0.3 is 0 Å². The van der Waals surface area contributed by atoms with E-state index in [1.807, 2.05) is 25.1 Å². The van der Waals surface area contributed by atoms with Gasteiger partial charge in [-0.25, -0.2) is 0 Å². The van der Waals surface area contributed by atoms with Crippen LogP contribution in [0.2, 0.25) is 0 Å². The molecular weight excluding hydrogens is 264 g/mol. The average Bonchev–Trinajstić information content (AvgIpc) is 3.01. The zero-order valence-electron chi connectivity index (χ0n) is 12.6. The summed E-state index contributed by atoms with van der Waals surface area (Å²) in [6, 6.07) is 5.80. The highest BCUT2D eigenvalue weighted by Gasteiger charge is 2.25. The number of nitrogens with one attached hydrogen (secondary N) is 2. The minimum Gasteiger partial charge on any atom is -0.393 e. The standard InChI is InChI=1S/C17H22N2O2/c1-10-11(2)19-16-13(10)6-4-7-14(16)17(21)18-9-12-5-3-8-15(12)20/h4,6-7,12,15,19-20H,3,5,8-9H2,1-2H3,(H,18,21). The first-order valence-electron chi connectivity index (χ1n) is 7.62. The van der Waals surface area contributed by atoms with Crippen molar-refractivity contribution in [3.63, 3.8) is 0 Å². The van der Waals surface area contributed by atoms with Gasteiger partial charge in [0, 0.05) is 23.5 Å². The highest BCUT2D eigenvalue weighted by Crippen LogP contribution is 2.26. The second-order valence-electron chi connectivity index (χ2n) is 6.07. The Morgan fingerprint density at radius 2 is 2.19 bits per heavy atom. The van der Waals surface area contributed by atoms with E-state index in [2.05, 4.69) is 17.2 Å². The lowest BCUT2D eigenvalue weighted by molar-refractivity contribution is 0.0918. The Morgan fingerprint density at radius 3 is 2.90 bits per heavy atom. The van der Waals surface area contributed by atoms with Gasteiger partial charge in [0.05, 0.1) is 17.2 Å². The van der Waals surface area contributed by atoms with E-state index >= 15 is 0 Å². The molecule has 1 fully saturated rings. The van der Waals surface area contributed by atoms with Crippen molar-refractivity contribution in [3.05, 3.63) is 35.0 Å². The van der Waals surface area contributed by atoms with Crippen LogP contribution in [0.4, 0.5) is 0 Å². The van der Waals surface area contributed by atoms with Crippen molar-refractivity contribution in [2.45, 2.75) is 39.2 Å². The third-order valence-electron chi connectivity index (χ3n) is 4.73. The van der Waals surface area contributed by atoms with Crippen LogP contribution in [0.3, 0.4) is 0 Å². The van der Waals surface area contributed by atoms with Gasteiger partial charge in [0.25, 0.3) is 5.91 Å². The number of para-hydroxylation sites is 1. The van der Waals surface area contributed by atoms with E-state index in [0.717, 1.165) is 35.9 Å². The van der Waals surface area contributed by atoms with E-state index in [4.69, 9.17) is 0 Å². The van der Waals surface area contributed by atoms with Gasteiger partial charge in [-0.2, -0.15) is 0 Å². The summed E-state index contributed by atoms with van der Waals surface area (Å²) >= 11 is 0. The number of carbonyl (C=O) groups is 1. The summed E-state index contributed by atoms with van der Waals surface area (Å²) in [5, 5.41) is 13.9. The molecule has 1 aliphatic carbocycles. The molecule has 1 aromatic heterocycles. The molecule has 112 valence electrons. The number of aryl methyl sites for hydroxylation is 2. The quantitative estimate of drug-likeness (QED) is 0.812. The van der Waals surface area contributed by atoms with E-state index in [-0.39, 0.29) is 17.9 Å². The van der Waals surface area contributed by atoms with Crippen LogP contribution in [0.25, 0.3) is 10.9 Å². The summed E-state index contributed by atoms with van der Waals surface area (Å²) in [5.41, 5.74) is 3.86. The summed E-state index contributed by atoms with van der Waals surface area (Å²) in [6.07, 6.45) is 2.63. The molecule has 0 saturated heterocycles. The Balaban J connectivity index is 1.80. The third kappa shape index (κ3) is 2.56. The average molecular weight is 286 g/mol. The molecule has 0 spiro atoms. The number of hydrogen-bond acceptors (Lipinski definition) is 2. The Morgan fingerprint density at radius 1 is 1.38 bits per heavy atom. The number of H-pyrrole nitrogens is 1. The first-order valence-corrected chi connectivity index (χ1v) is 7.62. The summed E-state index contributed by atoms with van der Waals surface area (Å²) < 4.78 is 0. The second-order valence-corrected chi connectivity index (χ2v) is 6.07. The van der Waals surface area contributed by atoms with Crippen LogP contribution in [-0.2, 0) is 0 Å². The van der Waals surface area contributed by atoms with E-state index in [9.17, 15) is 9.90 Å². The van der Waals surface area contributed by atoms with Crippen LogP contribution in [-0.4, -0.2) is 28.6 Å². The van der Waals surface area contributed by atoms with Gasteiger partial charge in [-0.3, -0.25) is 4.79 Å². The number of aliphatic hydroxyl groups is 1. The molecule has 21 heavy (non-hydrogen) atoms. The highest BCUT2D eigenvalue weighted by atomic mass is 16.3. The molecule has 3 N–H and O–H groups in total. The van der Waals surface area contributed by atoms with Crippen molar-refractivity contribution in [3.8, 4) is 0 Å². The number of hydrogen-bond donors (Lipinski definition) is 3. The van der Waals surface area contributed by atoms with Crippen molar-refractivity contribution < 1.29 is 9.90 Å². The normalized spacial score (nSPS) is 21.9. The molecule has 2 unspecified atom stereocenters. The van der Waals surface area contributed by atoms with Crippen molar-refractivity contribution in [1.29, 1.82) is 0 Å². The maximum atomic E-state index is 12.4. The van der Waals surface area contributed by atoms with Crippen LogP contribution >= 0.6 is 0 Å². The predicted molar refractivity (Wildman–Crippen MR) is 83.5 cm³/mol. The summed E-state index contributed by atoms with van der Waals surface area (Å²) in [7, 11) is 0. The number of benzene rings is 1. The Bertz CT molecular complexity index is 675. The lowest BCUT2D eigenvalue weighted by Gasteiger charge is -2.15. The SMILES string of the molecule is Cc1[nH]c2c(C(=O)NCC3CCCC3O)cccc2c1C. The monoisotopic (exact) mass is 286 g/mol. The molecule has 2 atom stereocenters. The molecular formula is C17H22N2O2. The fraction of sp³-hybridized carbons (Fsp3) is 0.471. The topological polar surface area (TPSA) is 65.1 Å². The minimum absolute atomic E-state index is 0.0686. The van der Waals surface area contributed by atoms with E-state index in [1.165, 1.54) is 5.56 Å². The maximum Gasteiger partial charge on any atom is 0.253 e. The summed E-state index contributed by atoms with van der Waals surface area (Å²) in [5.74, 6) is 0.126. The van der Waals surface area contributed by atoms with Crippen LogP contribution in [0.15, 0.2) is 18.2 Å². The van der Waals surface area contributed by atoms with Gasteiger partial charge in [0.2, 0.25) is 0 Å². The number of carbonyl (C=O) groups excluding carboxylic acids is 1. The van der Waals surface area contributed by atoms with E-state index < -0.39 is 0 Å². The molecule has 0 aliphatic heterocycles. The lowest BCUT2D eigenvalue weighted by atomic mass is 10.1. The van der Waals surface area contributed by atoms with Gasteiger partial charge in [0.15, 0.2) is 0 Å². The molecule has 4 heteroatoms. The molecule has 0 bridgehead atoms. The first kappa shape index (κ1) is 14.1. The number of amides is 1. The van der Waals surface area contributed by atoms with Crippen molar-refractivity contribution >= 4 is 16.8 Å². The number of rotatable bonds is 3. The number of aliphatic hydroxyl groups excluding tert-OH is 1. The van der Waals surface area contributed by atoms with E-state index in [1.54, 1.807) is 0 Å². The minimum atomic E-state index is -0.268. The Hall–Kier alpha value is -1.81. The van der Waals surface area contributed by atoms with Crippen molar-refractivity contribution in [2.75, 3.05) is 6.54 Å². The largest absolute Gasteiger partial charge is 0.393 e. The van der Waals surface area contributed by atoms with Crippen LogP contribution in [0, 0.1) is 19.8 Å². The summed E-state index contributed by atoms with van der Waals surface area (Å²) in [6.45, 7) is 4.63. The van der Waals surface area contributed by atoms with Gasteiger partial charge in [0.1, 0.15) is 0 Å². The van der Waals surface area contributed by atoms with Crippen molar-refractivity contribution in [1.82, 2.24) is 10.3 Å². The first-order chi connectivity index (χ1) is 10.1. The summed E-state index contributed by atoms with van der Waals surface area (Å²) in [4.78, 5) is 15.7. The highest BCUT2D eigenvalue weighted by molar-refractivity contribution is 6.06. The number of aromatic amines is 1. The molecule has 4 nitrogen and oxygen atoms in total. The van der Waals surface area contributed by atoms with Crippen LogP contribution in [0.5, 0.6) is 0 Å². The number of aromatic nitrogens is 1. The fourth-order valence-corrected chi connectivity index (χ4v) is 3.25. The van der Waals surface area contributed by atoms with Crippen LogP contribution in [0.1, 0.15) is 40.9 Å². The zero-order chi connectivity index (χ0) is 15.0. The Labute approximate surface area is 124 Å². The smallest absolute Gasteiger partial charge is 0.253 e. The molecule has 1 heterocycles. The molecule has 0 radical (unpaired) electrons. The molecule has 1 amide bonds. The molecule has 3 rings (SSSR count). The number of fused-ring (bicyclic) bond motifs is 1.